The van der Waals surface area contributed by atoms with Gasteiger partial charge in [-0.3, -0.25) is 4.79 Å². The van der Waals surface area contributed by atoms with Crippen molar-refractivity contribution < 1.29 is 18.7 Å². The normalized spacial score (nSPS) is 12.6. The van der Waals surface area contributed by atoms with Crippen LogP contribution >= 0.6 is 15.9 Å². The third kappa shape index (κ3) is 2.56. The summed E-state index contributed by atoms with van der Waals surface area (Å²) in [6.45, 7) is 1.47. The highest BCUT2D eigenvalue weighted by Gasteiger charge is 2.21. The molecule has 1 aromatic rings. The van der Waals surface area contributed by atoms with E-state index in [1.165, 1.54) is 13.0 Å². The highest BCUT2D eigenvalue weighted by Crippen LogP contribution is 2.25. The maximum absolute atomic E-state index is 13.6. The zero-order valence-corrected chi connectivity index (χ0v) is 10.0. The lowest BCUT2D eigenvalue weighted by Crippen LogP contribution is -2.33. The van der Waals surface area contributed by atoms with E-state index in [0.29, 0.717) is 0 Å². The molecule has 3 nitrogen and oxygen atoms in total. The second-order valence-corrected chi connectivity index (χ2v) is 4.28. The third-order valence-electron chi connectivity index (χ3n) is 2.17. The van der Waals surface area contributed by atoms with Gasteiger partial charge in [0.15, 0.2) is 0 Å². The molecule has 1 atom stereocenters. The Morgan fingerprint density at radius 1 is 1.56 bits per heavy atom. The first-order chi connectivity index (χ1) is 7.34. The molecule has 3 N–H and O–H groups in total. The first-order valence-electron chi connectivity index (χ1n) is 4.46. The summed E-state index contributed by atoms with van der Waals surface area (Å²) in [7, 11) is 0. The van der Waals surface area contributed by atoms with Gasteiger partial charge in [0.2, 0.25) is 0 Å². The molecule has 0 amide bonds. The minimum Gasteiger partial charge on any atom is -0.480 e. The number of halogens is 3. The van der Waals surface area contributed by atoms with Gasteiger partial charge in [0, 0.05) is 12.0 Å². The molecule has 0 aliphatic carbocycles. The van der Waals surface area contributed by atoms with Crippen molar-refractivity contribution in [3.63, 3.8) is 0 Å². The van der Waals surface area contributed by atoms with Crippen LogP contribution in [0.5, 0.6) is 0 Å². The average molecular weight is 294 g/mol. The van der Waals surface area contributed by atoms with E-state index >= 15 is 0 Å². The number of rotatable bonds is 3. The second-order valence-electron chi connectivity index (χ2n) is 3.43. The van der Waals surface area contributed by atoms with Crippen LogP contribution in [0.3, 0.4) is 0 Å². The van der Waals surface area contributed by atoms with Crippen molar-refractivity contribution in [1.82, 2.24) is 0 Å². The van der Waals surface area contributed by atoms with Crippen LogP contribution in [0.15, 0.2) is 10.5 Å². The molecule has 1 rings (SSSR count). The van der Waals surface area contributed by atoms with Gasteiger partial charge in [-0.2, -0.15) is 0 Å². The molecule has 0 aromatic heterocycles. The van der Waals surface area contributed by atoms with Crippen molar-refractivity contribution in [3.05, 3.63) is 33.3 Å². The lowest BCUT2D eigenvalue weighted by atomic mass is 10.0. The average Bonchev–Trinajstić information content (AvgIpc) is 2.21. The lowest BCUT2D eigenvalue weighted by molar-refractivity contribution is -0.138. The van der Waals surface area contributed by atoms with Crippen molar-refractivity contribution in [2.45, 2.75) is 19.4 Å². The van der Waals surface area contributed by atoms with Crippen LogP contribution in [0.4, 0.5) is 8.78 Å². The zero-order valence-electron chi connectivity index (χ0n) is 8.43. The number of carboxylic acid groups (broad SMARTS) is 1. The van der Waals surface area contributed by atoms with Gasteiger partial charge in [0.1, 0.15) is 17.7 Å². The molecule has 0 radical (unpaired) electrons. The number of nitrogens with two attached hydrogens (primary N) is 1. The van der Waals surface area contributed by atoms with Crippen molar-refractivity contribution in [1.29, 1.82) is 0 Å². The Hall–Kier alpha value is -1.01. The van der Waals surface area contributed by atoms with Crippen molar-refractivity contribution in [2.75, 3.05) is 0 Å². The molecule has 0 heterocycles. The molecule has 6 heteroatoms. The zero-order chi connectivity index (χ0) is 12.5. The number of carboxylic acids is 1. The SMILES string of the molecule is Cc1cc(Br)c(F)c(CC(N)C(=O)O)c1F. The van der Waals surface area contributed by atoms with Gasteiger partial charge in [-0.25, -0.2) is 8.78 Å². The topological polar surface area (TPSA) is 63.3 Å². The summed E-state index contributed by atoms with van der Waals surface area (Å²) >= 11 is 2.93. The maximum Gasteiger partial charge on any atom is 0.320 e. The number of hydrogen-bond donors (Lipinski definition) is 2. The van der Waals surface area contributed by atoms with Crippen LogP contribution < -0.4 is 5.73 Å². The van der Waals surface area contributed by atoms with E-state index in [9.17, 15) is 13.6 Å². The molecule has 0 fully saturated rings. The molecule has 0 aliphatic heterocycles. The number of aryl methyl sites for hydroxylation is 1. The molecule has 0 spiro atoms. The predicted octanol–water partition coefficient (Wildman–Crippen LogP) is 1.99. The monoisotopic (exact) mass is 293 g/mol. The van der Waals surface area contributed by atoms with E-state index in [2.05, 4.69) is 15.9 Å². The van der Waals surface area contributed by atoms with Crippen LogP contribution in [0.1, 0.15) is 11.1 Å². The van der Waals surface area contributed by atoms with E-state index in [1.807, 2.05) is 0 Å². The van der Waals surface area contributed by atoms with Gasteiger partial charge >= 0.3 is 5.97 Å². The van der Waals surface area contributed by atoms with Gasteiger partial charge in [0.05, 0.1) is 4.47 Å². The van der Waals surface area contributed by atoms with Gasteiger partial charge < -0.3 is 10.8 Å². The quantitative estimate of drug-likeness (QED) is 0.838. The van der Waals surface area contributed by atoms with E-state index in [0.717, 1.165) is 0 Å². The van der Waals surface area contributed by atoms with Crippen molar-refractivity contribution in [3.8, 4) is 0 Å². The van der Waals surface area contributed by atoms with Gasteiger partial charge in [-0.15, -0.1) is 0 Å². The van der Waals surface area contributed by atoms with E-state index in [4.69, 9.17) is 10.8 Å². The van der Waals surface area contributed by atoms with Crippen LogP contribution in [-0.2, 0) is 11.2 Å². The molecule has 0 saturated carbocycles. The molecule has 1 unspecified atom stereocenters. The summed E-state index contributed by atoms with van der Waals surface area (Å²) in [5.74, 6) is -2.85. The Balaban J connectivity index is 3.17. The molecule has 1 aromatic carbocycles. The fourth-order valence-electron chi connectivity index (χ4n) is 1.28. The Labute approximate surface area is 99.4 Å². The third-order valence-corrected chi connectivity index (χ3v) is 2.75. The summed E-state index contributed by atoms with van der Waals surface area (Å²) in [6.07, 6.45) is -0.382. The van der Waals surface area contributed by atoms with E-state index in [-0.39, 0.29) is 22.0 Å². The first-order valence-corrected chi connectivity index (χ1v) is 5.25. The van der Waals surface area contributed by atoms with Gasteiger partial charge in [0.25, 0.3) is 0 Å². The Kier molecular flexibility index (Phi) is 3.98. The molecule has 0 saturated heterocycles. The summed E-state index contributed by atoms with van der Waals surface area (Å²) in [4.78, 5) is 10.5. The molecular formula is C10H10BrF2NO2. The molecular weight excluding hydrogens is 284 g/mol. The van der Waals surface area contributed by atoms with Crippen molar-refractivity contribution in [2.24, 2.45) is 5.73 Å². The van der Waals surface area contributed by atoms with Crippen LogP contribution in [0, 0.1) is 18.6 Å². The van der Waals surface area contributed by atoms with Gasteiger partial charge in [-0.05, 0) is 34.5 Å². The van der Waals surface area contributed by atoms with Crippen LogP contribution in [0.2, 0.25) is 0 Å². The smallest absolute Gasteiger partial charge is 0.320 e. The Morgan fingerprint density at radius 2 is 2.12 bits per heavy atom. The fraction of sp³-hybridized carbons (Fsp3) is 0.300. The minimum absolute atomic E-state index is 0.0963. The van der Waals surface area contributed by atoms with Crippen molar-refractivity contribution >= 4 is 21.9 Å². The lowest BCUT2D eigenvalue weighted by Gasteiger charge is -2.11. The maximum atomic E-state index is 13.6. The standard InChI is InChI=1S/C10H10BrF2NO2/c1-4-2-6(11)9(13)5(8(4)12)3-7(14)10(15)16/h2,7H,3,14H2,1H3,(H,15,16). The highest BCUT2D eigenvalue weighted by molar-refractivity contribution is 9.10. The first kappa shape index (κ1) is 13.1. The fourth-order valence-corrected chi connectivity index (χ4v) is 1.86. The van der Waals surface area contributed by atoms with Crippen LogP contribution in [0.25, 0.3) is 0 Å². The number of aliphatic carboxylic acids is 1. The number of benzene rings is 1. The number of hydrogen-bond acceptors (Lipinski definition) is 2. The molecule has 88 valence electrons. The molecule has 16 heavy (non-hydrogen) atoms. The predicted molar refractivity (Wildman–Crippen MR) is 58.1 cm³/mol. The largest absolute Gasteiger partial charge is 0.480 e. The summed E-state index contributed by atoms with van der Waals surface area (Å²) in [6, 6.07) is -0.0295. The number of carbonyl (C=O) groups is 1. The summed E-state index contributed by atoms with van der Waals surface area (Å²) in [5, 5.41) is 8.58. The Morgan fingerprint density at radius 3 is 2.62 bits per heavy atom. The molecule has 0 bridgehead atoms. The highest BCUT2D eigenvalue weighted by atomic mass is 79.9. The Bertz CT molecular complexity index is 411. The van der Waals surface area contributed by atoms with E-state index in [1.54, 1.807) is 0 Å². The summed E-state index contributed by atoms with van der Waals surface area (Å²) < 4.78 is 27.2. The van der Waals surface area contributed by atoms with E-state index < -0.39 is 23.6 Å². The molecule has 0 aliphatic rings. The minimum atomic E-state index is -1.32. The second kappa shape index (κ2) is 4.88. The van der Waals surface area contributed by atoms with Gasteiger partial charge in [-0.1, -0.05) is 0 Å². The summed E-state index contributed by atoms with van der Waals surface area (Å²) in [5.41, 5.74) is 5.17. The van der Waals surface area contributed by atoms with Crippen LogP contribution in [-0.4, -0.2) is 17.1 Å².